The summed E-state index contributed by atoms with van der Waals surface area (Å²) in [6.45, 7) is 2.39. The Bertz CT molecular complexity index is 1440. The Morgan fingerprint density at radius 3 is 2.43 bits per heavy atom. The summed E-state index contributed by atoms with van der Waals surface area (Å²) in [4.78, 5) is 32.6. The minimum atomic E-state index is -0.828. The minimum Gasteiger partial charge on any atom is -0.507 e. The van der Waals surface area contributed by atoms with Gasteiger partial charge in [0.2, 0.25) is 0 Å². The second-order valence-corrected chi connectivity index (χ2v) is 8.88. The molecule has 1 amide bonds. The molecule has 0 radical (unpaired) electrons. The molecule has 1 N–H and O–H groups in total. The predicted molar refractivity (Wildman–Crippen MR) is 135 cm³/mol. The molecule has 2 heterocycles. The smallest absolute Gasteiger partial charge is 0.301 e. The molecular weight excluding hydrogens is 464 g/mol. The average molecular weight is 487 g/mol. The number of hydrogen-bond acceptors (Lipinski definition) is 7. The van der Waals surface area contributed by atoms with Crippen LogP contribution in [0.15, 0.2) is 78.4 Å². The van der Waals surface area contributed by atoms with Crippen molar-refractivity contribution in [2.75, 3.05) is 18.6 Å². The number of aliphatic hydroxyl groups is 1. The van der Waals surface area contributed by atoms with Gasteiger partial charge in [-0.1, -0.05) is 41.7 Å². The zero-order chi connectivity index (χ0) is 24.5. The van der Waals surface area contributed by atoms with Crippen molar-refractivity contribution in [3.05, 3.63) is 89.5 Å². The number of fused-ring (bicyclic) bond motifs is 1. The molecular formula is C27H22N2O5S. The first kappa shape index (κ1) is 22.6. The number of aromatic nitrogens is 1. The monoisotopic (exact) mass is 486 g/mol. The quantitative estimate of drug-likeness (QED) is 0.225. The molecule has 1 aliphatic rings. The summed E-state index contributed by atoms with van der Waals surface area (Å²) in [5.74, 6) is -0.427. The van der Waals surface area contributed by atoms with Gasteiger partial charge in [0.15, 0.2) is 5.13 Å². The van der Waals surface area contributed by atoms with Crippen molar-refractivity contribution in [2.45, 2.75) is 13.0 Å². The maximum Gasteiger partial charge on any atom is 0.301 e. The Balaban J connectivity index is 1.66. The van der Waals surface area contributed by atoms with Gasteiger partial charge in [0.05, 0.1) is 35.5 Å². The Labute approximate surface area is 205 Å². The van der Waals surface area contributed by atoms with E-state index >= 15 is 0 Å². The van der Waals surface area contributed by atoms with Crippen LogP contribution in [0.1, 0.15) is 24.1 Å². The summed E-state index contributed by atoms with van der Waals surface area (Å²) in [6, 6.07) is 20.5. The molecule has 0 unspecified atom stereocenters. The third-order valence-electron chi connectivity index (χ3n) is 5.79. The number of rotatable bonds is 6. The van der Waals surface area contributed by atoms with E-state index in [0.717, 1.165) is 4.70 Å². The molecule has 1 fully saturated rings. The zero-order valence-electron chi connectivity index (χ0n) is 19.1. The van der Waals surface area contributed by atoms with Gasteiger partial charge in [-0.05, 0) is 55.0 Å². The van der Waals surface area contributed by atoms with E-state index < -0.39 is 17.7 Å². The van der Waals surface area contributed by atoms with Gasteiger partial charge in [-0.2, -0.15) is 0 Å². The van der Waals surface area contributed by atoms with E-state index in [1.54, 1.807) is 37.4 Å². The van der Waals surface area contributed by atoms with Gasteiger partial charge in [0.1, 0.15) is 17.3 Å². The fourth-order valence-corrected chi connectivity index (χ4v) is 5.16. The van der Waals surface area contributed by atoms with Crippen molar-refractivity contribution in [2.24, 2.45) is 0 Å². The second kappa shape index (κ2) is 9.23. The lowest BCUT2D eigenvalue weighted by atomic mass is 9.95. The number of amides is 1. The molecule has 0 aliphatic carbocycles. The first-order valence-electron chi connectivity index (χ1n) is 11.1. The number of benzene rings is 3. The highest BCUT2D eigenvalue weighted by atomic mass is 32.1. The van der Waals surface area contributed by atoms with Crippen molar-refractivity contribution >= 4 is 44.1 Å². The Morgan fingerprint density at radius 1 is 1.03 bits per heavy atom. The highest BCUT2D eigenvalue weighted by Gasteiger charge is 2.48. The maximum absolute atomic E-state index is 13.3. The van der Waals surface area contributed by atoms with Crippen LogP contribution in [0.4, 0.5) is 5.13 Å². The summed E-state index contributed by atoms with van der Waals surface area (Å²) in [6.07, 6.45) is 0. The van der Waals surface area contributed by atoms with Gasteiger partial charge >= 0.3 is 5.91 Å². The summed E-state index contributed by atoms with van der Waals surface area (Å²) >= 11 is 1.29. The topological polar surface area (TPSA) is 89.0 Å². The maximum atomic E-state index is 13.3. The molecule has 1 aliphatic heterocycles. The Morgan fingerprint density at radius 2 is 1.74 bits per heavy atom. The van der Waals surface area contributed by atoms with E-state index in [1.807, 2.05) is 49.4 Å². The molecule has 3 aromatic carbocycles. The van der Waals surface area contributed by atoms with Crippen molar-refractivity contribution in [3.63, 3.8) is 0 Å². The van der Waals surface area contributed by atoms with Gasteiger partial charge in [0, 0.05) is 5.56 Å². The van der Waals surface area contributed by atoms with Crippen molar-refractivity contribution in [3.8, 4) is 11.5 Å². The van der Waals surface area contributed by atoms with Crippen LogP contribution in [0, 0.1) is 0 Å². The Hall–Kier alpha value is -4.17. The largest absolute Gasteiger partial charge is 0.507 e. The first-order chi connectivity index (χ1) is 17.0. The molecule has 0 saturated carbocycles. The van der Waals surface area contributed by atoms with Crippen LogP contribution < -0.4 is 14.4 Å². The lowest BCUT2D eigenvalue weighted by Gasteiger charge is -2.22. The van der Waals surface area contributed by atoms with Crippen LogP contribution in [0.3, 0.4) is 0 Å². The van der Waals surface area contributed by atoms with Gasteiger partial charge in [-0.15, -0.1) is 0 Å². The fraction of sp³-hybridized carbons (Fsp3) is 0.148. The van der Waals surface area contributed by atoms with Crippen LogP contribution in [0.25, 0.3) is 16.0 Å². The average Bonchev–Trinajstić information content (AvgIpc) is 3.42. The van der Waals surface area contributed by atoms with Gasteiger partial charge in [-0.3, -0.25) is 14.5 Å². The molecule has 0 spiro atoms. The molecule has 4 aromatic rings. The van der Waals surface area contributed by atoms with Crippen molar-refractivity contribution in [1.82, 2.24) is 4.98 Å². The third-order valence-corrected chi connectivity index (χ3v) is 6.81. The van der Waals surface area contributed by atoms with Crippen LogP contribution >= 0.6 is 11.3 Å². The van der Waals surface area contributed by atoms with E-state index in [2.05, 4.69) is 4.98 Å². The second-order valence-electron chi connectivity index (χ2n) is 7.87. The summed E-state index contributed by atoms with van der Waals surface area (Å²) in [7, 11) is 1.58. The molecule has 5 rings (SSSR count). The van der Waals surface area contributed by atoms with E-state index in [1.165, 1.54) is 16.2 Å². The number of methoxy groups -OCH3 is 1. The number of Topliss-reactive ketones (excluding diaryl/α,β-unsaturated/α-hetero) is 1. The molecule has 1 aromatic heterocycles. The van der Waals surface area contributed by atoms with Gasteiger partial charge < -0.3 is 14.6 Å². The first-order valence-corrected chi connectivity index (χ1v) is 11.9. The highest BCUT2D eigenvalue weighted by molar-refractivity contribution is 7.22. The van der Waals surface area contributed by atoms with Crippen LogP contribution in [0.5, 0.6) is 11.5 Å². The van der Waals surface area contributed by atoms with E-state index in [4.69, 9.17) is 9.47 Å². The summed E-state index contributed by atoms with van der Waals surface area (Å²) in [5.41, 5.74) is 1.81. The van der Waals surface area contributed by atoms with Crippen molar-refractivity contribution in [1.29, 1.82) is 0 Å². The Kier molecular flexibility index (Phi) is 5.96. The fourth-order valence-electron chi connectivity index (χ4n) is 4.13. The van der Waals surface area contributed by atoms with Crippen LogP contribution in [0.2, 0.25) is 0 Å². The van der Waals surface area contributed by atoms with E-state index in [-0.39, 0.29) is 11.3 Å². The van der Waals surface area contributed by atoms with Crippen LogP contribution in [-0.4, -0.2) is 35.5 Å². The molecule has 1 saturated heterocycles. The standard InChI is InChI=1S/C27H22N2O5S/c1-3-34-18-11-9-17(10-12-18)24(30)22-23(16-7-5-4-6-8-16)29(26(32)25(22)31)27-28-20-14-13-19(33-2)15-21(20)35-27/h4-15,23,30H,3H2,1-2H3/t23-/m1/s1. The molecule has 7 nitrogen and oxygen atoms in total. The number of nitrogens with zero attached hydrogens (tertiary/aromatic N) is 2. The lowest BCUT2D eigenvalue weighted by molar-refractivity contribution is -0.132. The number of ether oxygens (including phenoxy) is 2. The number of hydrogen-bond donors (Lipinski definition) is 1. The van der Waals surface area contributed by atoms with E-state index in [9.17, 15) is 14.7 Å². The summed E-state index contributed by atoms with van der Waals surface area (Å²) < 4.78 is 11.6. The molecule has 8 heteroatoms. The molecule has 35 heavy (non-hydrogen) atoms. The number of ketones is 1. The lowest BCUT2D eigenvalue weighted by Crippen LogP contribution is -2.29. The highest BCUT2D eigenvalue weighted by Crippen LogP contribution is 2.44. The molecule has 1 atom stereocenters. The predicted octanol–water partition coefficient (Wildman–Crippen LogP) is 5.33. The van der Waals surface area contributed by atoms with Gasteiger partial charge in [-0.25, -0.2) is 4.98 Å². The van der Waals surface area contributed by atoms with Gasteiger partial charge in [0.25, 0.3) is 5.78 Å². The number of thiazole rings is 1. The molecule has 0 bridgehead atoms. The number of aliphatic hydroxyl groups excluding tert-OH is 1. The third kappa shape index (κ3) is 4.02. The summed E-state index contributed by atoms with van der Waals surface area (Å²) in [5, 5.41) is 11.6. The number of carbonyl (C=O) groups is 2. The van der Waals surface area contributed by atoms with Crippen LogP contribution in [-0.2, 0) is 9.59 Å². The number of carbonyl (C=O) groups excluding carboxylic acids is 2. The SMILES string of the molecule is CCOc1ccc(C(O)=C2C(=O)C(=O)N(c3nc4ccc(OC)cc4s3)[C@@H]2c2ccccc2)cc1. The zero-order valence-corrected chi connectivity index (χ0v) is 19.9. The number of anilines is 1. The normalized spacial score (nSPS) is 17.2. The van der Waals surface area contributed by atoms with E-state index in [0.29, 0.717) is 39.9 Å². The minimum absolute atomic E-state index is 0.0159. The molecule has 176 valence electrons. The van der Waals surface area contributed by atoms with Crippen molar-refractivity contribution < 1.29 is 24.2 Å².